The Hall–Kier alpha value is -3.08. The third kappa shape index (κ3) is 5.18. The Morgan fingerprint density at radius 2 is 1.93 bits per heavy atom. The number of fused-ring (bicyclic) bond motifs is 5. The second-order valence-corrected chi connectivity index (χ2v) is 14.3. The average molecular weight is 678 g/mol. The third-order valence-electron chi connectivity index (χ3n) is 7.31. The Labute approximate surface area is 250 Å². The zero-order valence-corrected chi connectivity index (χ0v) is 24.6. The maximum absolute atomic E-state index is 15.9. The lowest BCUT2D eigenvalue weighted by Crippen LogP contribution is -2.41. The molecule has 3 saturated heterocycles. The van der Waals surface area contributed by atoms with Crippen molar-refractivity contribution in [2.24, 2.45) is 0 Å². The van der Waals surface area contributed by atoms with Crippen LogP contribution >= 0.6 is 19.0 Å². The van der Waals surface area contributed by atoms with Crippen LogP contribution in [0.25, 0.3) is 22.2 Å². The van der Waals surface area contributed by atoms with Gasteiger partial charge >= 0.3 is 17.1 Å². The molecular weight excluding hydrogens is 655 g/mol. The number of H-pyrrole nitrogens is 1. The molecule has 0 aromatic carbocycles. The number of hydrogen-bond donors (Lipinski definition) is 4. The van der Waals surface area contributed by atoms with E-state index >= 15 is 4.39 Å². The Morgan fingerprint density at radius 3 is 2.75 bits per heavy atom. The lowest BCUT2D eigenvalue weighted by atomic mass is 10.1. The zero-order valence-electron chi connectivity index (χ0n) is 22.0. The lowest BCUT2D eigenvalue weighted by Gasteiger charge is -2.25. The van der Waals surface area contributed by atoms with Crippen LogP contribution in [0.2, 0.25) is 0 Å². The van der Waals surface area contributed by atoms with E-state index in [1.165, 1.54) is 10.9 Å². The molecule has 8 atom stereocenters. The molecule has 0 aliphatic carbocycles. The van der Waals surface area contributed by atoms with Crippen molar-refractivity contribution in [2.45, 2.75) is 49.5 Å². The number of aromatic nitrogens is 7. The van der Waals surface area contributed by atoms with Gasteiger partial charge in [-0.15, -0.1) is 0 Å². The summed E-state index contributed by atoms with van der Waals surface area (Å²) < 4.78 is 103. The predicted octanol–water partition coefficient (Wildman–Crippen LogP) is 0.482. The first-order valence-electron chi connectivity index (χ1n) is 12.9. The normalized spacial score (nSPS) is 34.4. The Balaban J connectivity index is 1.19. The molecule has 4 aromatic heterocycles. The van der Waals surface area contributed by atoms with Gasteiger partial charge in [-0.1, -0.05) is 12.2 Å². The third-order valence-corrected chi connectivity index (χ3v) is 9.94. The van der Waals surface area contributed by atoms with Crippen molar-refractivity contribution in [1.82, 2.24) is 38.8 Å². The van der Waals surface area contributed by atoms with Gasteiger partial charge in [0, 0.05) is 19.2 Å². The van der Waals surface area contributed by atoms with Gasteiger partial charge in [0.15, 0.2) is 41.6 Å². The molecular formula is C21H22F2N9O9PS2. The van der Waals surface area contributed by atoms with Crippen LogP contribution in [0.3, 0.4) is 0 Å². The lowest BCUT2D eigenvalue weighted by molar-refractivity contribution is -0.0439. The van der Waals surface area contributed by atoms with Crippen LogP contribution in [-0.4, -0.2) is 86.2 Å². The quantitative estimate of drug-likeness (QED) is 0.167. The number of hydrogen-bond acceptors (Lipinski definition) is 14. The van der Waals surface area contributed by atoms with E-state index in [4.69, 9.17) is 28.4 Å². The van der Waals surface area contributed by atoms with Gasteiger partial charge < -0.3 is 24.8 Å². The number of nitrogens with one attached hydrogen (secondary N) is 2. The molecule has 18 nitrogen and oxygen atoms in total. The number of aromatic amines is 1. The minimum Gasteiger partial charge on any atom is -0.382 e. The molecule has 4 aromatic rings. The van der Waals surface area contributed by atoms with Gasteiger partial charge in [0.25, 0.3) is 5.56 Å². The molecule has 4 N–H and O–H groups in total. The van der Waals surface area contributed by atoms with Crippen molar-refractivity contribution in [3.63, 3.8) is 0 Å². The molecule has 23 heteroatoms. The molecule has 3 aliphatic heterocycles. The molecule has 0 radical (unpaired) electrons. The van der Waals surface area contributed by atoms with Gasteiger partial charge in [0.05, 0.1) is 25.4 Å². The van der Waals surface area contributed by atoms with Crippen molar-refractivity contribution >= 4 is 57.4 Å². The van der Waals surface area contributed by atoms with Crippen LogP contribution < -0.4 is 16.0 Å². The molecule has 7 heterocycles. The highest BCUT2D eigenvalue weighted by Crippen LogP contribution is 2.57. The second-order valence-electron chi connectivity index (χ2n) is 10.1. The maximum Gasteiger partial charge on any atom is 0.386 e. The van der Waals surface area contributed by atoms with E-state index in [2.05, 4.69) is 41.9 Å². The van der Waals surface area contributed by atoms with Gasteiger partial charge in [0.2, 0.25) is 0 Å². The van der Waals surface area contributed by atoms with Crippen LogP contribution in [0, 0.1) is 5.82 Å². The molecule has 7 rings (SSSR count). The number of nitrogen functional groups attached to an aromatic ring is 1. The number of alkyl halides is 1. The van der Waals surface area contributed by atoms with E-state index < -0.39 is 84.7 Å². The van der Waals surface area contributed by atoms with Crippen LogP contribution in [-0.2, 0) is 37.6 Å². The summed E-state index contributed by atoms with van der Waals surface area (Å²) in [6.07, 6.45) is -5.97. The number of rotatable bonds is 2. The van der Waals surface area contributed by atoms with Crippen molar-refractivity contribution < 1.29 is 44.5 Å². The predicted molar refractivity (Wildman–Crippen MR) is 147 cm³/mol. The molecule has 0 saturated carbocycles. The summed E-state index contributed by atoms with van der Waals surface area (Å²) in [5.41, 5.74) is 5.22. The van der Waals surface area contributed by atoms with Gasteiger partial charge in [-0.25, -0.2) is 37.5 Å². The summed E-state index contributed by atoms with van der Waals surface area (Å²) in [7, 11) is -4.62. The SMILES string of the molecule is Nc1ncnc2c1ncn2[C@@H]1O[C@@H]2CNS(=O)(=O)O[C@@H]3C[C@@H](CO[P@](=O)(S)O[C@H]2[C@H]1F)O[C@H]3n1cc(F)c2c(=O)[nH]cnc21. The number of thiol groups is 1. The van der Waals surface area contributed by atoms with Crippen LogP contribution in [0.4, 0.5) is 14.6 Å². The van der Waals surface area contributed by atoms with E-state index in [-0.39, 0.29) is 34.4 Å². The first-order valence-corrected chi connectivity index (χ1v) is 17.0. The molecule has 2 bridgehead atoms. The molecule has 0 spiro atoms. The fourth-order valence-corrected chi connectivity index (χ4v) is 7.84. The smallest absolute Gasteiger partial charge is 0.382 e. The minimum absolute atomic E-state index is 0.0347. The second kappa shape index (κ2) is 10.8. The number of nitrogens with zero attached hydrogens (tertiary/aromatic N) is 6. The molecule has 3 fully saturated rings. The summed E-state index contributed by atoms with van der Waals surface area (Å²) in [4.78, 5) is 30.4. The highest BCUT2D eigenvalue weighted by Gasteiger charge is 2.51. The fraction of sp³-hybridized carbons (Fsp3) is 0.476. The Morgan fingerprint density at radius 1 is 1.11 bits per heavy atom. The van der Waals surface area contributed by atoms with E-state index in [0.717, 1.165) is 23.4 Å². The summed E-state index contributed by atoms with van der Waals surface area (Å²) in [5.74, 6) is -0.896. The van der Waals surface area contributed by atoms with E-state index in [1.807, 2.05) is 0 Å². The van der Waals surface area contributed by atoms with Gasteiger partial charge in [-0.05, 0) is 0 Å². The van der Waals surface area contributed by atoms with Gasteiger partial charge in [-0.3, -0.25) is 18.4 Å². The number of ether oxygens (including phenoxy) is 2. The summed E-state index contributed by atoms with van der Waals surface area (Å²) in [5, 5.41) is -0.377. The highest BCUT2D eigenvalue weighted by molar-refractivity contribution is 8.44. The fourth-order valence-electron chi connectivity index (χ4n) is 5.40. The molecule has 236 valence electrons. The zero-order chi connectivity index (χ0) is 31.0. The average Bonchev–Trinajstić information content (AvgIpc) is 3.72. The number of imidazole rings is 1. The van der Waals surface area contributed by atoms with Gasteiger partial charge in [0.1, 0.15) is 35.5 Å². The maximum atomic E-state index is 15.9. The van der Waals surface area contributed by atoms with E-state index in [9.17, 15) is 22.2 Å². The molecule has 0 amide bonds. The van der Waals surface area contributed by atoms with Crippen LogP contribution in [0.1, 0.15) is 18.9 Å². The van der Waals surface area contributed by atoms with Crippen molar-refractivity contribution in [3.05, 3.63) is 41.3 Å². The van der Waals surface area contributed by atoms with Crippen molar-refractivity contribution in [3.8, 4) is 0 Å². The first kappa shape index (κ1) is 29.6. The van der Waals surface area contributed by atoms with Gasteiger partial charge in [-0.2, -0.15) is 13.1 Å². The molecule has 3 aliphatic rings. The number of anilines is 1. The van der Waals surface area contributed by atoms with Crippen LogP contribution in [0.15, 0.2) is 30.0 Å². The van der Waals surface area contributed by atoms with E-state index in [1.54, 1.807) is 0 Å². The first-order chi connectivity index (χ1) is 20.9. The summed E-state index contributed by atoms with van der Waals surface area (Å²) in [6.45, 7) is -5.42. The Bertz CT molecular complexity index is 1980. The van der Waals surface area contributed by atoms with E-state index in [0.29, 0.717) is 0 Å². The monoisotopic (exact) mass is 677 g/mol. The summed E-state index contributed by atoms with van der Waals surface area (Å²) >= 11 is 3.99. The van der Waals surface area contributed by atoms with Crippen molar-refractivity contribution in [2.75, 3.05) is 18.9 Å². The Kier molecular flexibility index (Phi) is 7.25. The summed E-state index contributed by atoms with van der Waals surface area (Å²) in [6, 6.07) is 0. The van der Waals surface area contributed by atoms with Crippen molar-refractivity contribution in [1.29, 1.82) is 0 Å². The standard InChI is InChI=1S/C21H22F2N9O9PS2/c22-9-3-31(17-12(9)19(33)28-6-26-17)20-10-1-8(38-20)4-37-42(34,43)40-15-11(2-30-44(35,36)41-10)39-21(13(15)23)32-7-29-14-16(24)25-5-27-18(14)32/h3,5-8,10-11,13,15,20-21,30H,1-2,4H2,(H,34,43)(H2,24,25,27)(H,26,28,33)/t8-,10+,11+,13+,15+,20+,21+,42-/m0/s1. The van der Waals surface area contributed by atoms with Crippen LogP contribution in [0.5, 0.6) is 0 Å². The molecule has 0 unspecified atom stereocenters. The minimum atomic E-state index is -4.62. The largest absolute Gasteiger partial charge is 0.386 e. The molecule has 44 heavy (non-hydrogen) atoms. The number of nitrogens with two attached hydrogens (primary N) is 1. The highest BCUT2D eigenvalue weighted by atomic mass is 32.7. The topological polar surface area (TPSA) is 230 Å². The number of halogens is 2.